The van der Waals surface area contributed by atoms with Crippen molar-refractivity contribution in [2.45, 2.75) is 20.4 Å². The SMILES string of the molecule is COc1ccc(NCc2cn[nH]c2C)c(C)c1. The van der Waals surface area contributed by atoms with Crippen LogP contribution in [0, 0.1) is 13.8 Å². The molecule has 90 valence electrons. The van der Waals surface area contributed by atoms with E-state index in [1.165, 1.54) is 11.1 Å². The van der Waals surface area contributed by atoms with Gasteiger partial charge in [0, 0.05) is 23.5 Å². The molecule has 0 atom stereocenters. The molecule has 4 heteroatoms. The van der Waals surface area contributed by atoms with Crippen LogP contribution < -0.4 is 10.1 Å². The number of rotatable bonds is 4. The van der Waals surface area contributed by atoms with Crippen LogP contribution >= 0.6 is 0 Å². The number of ether oxygens (including phenoxy) is 1. The Kier molecular flexibility index (Phi) is 3.32. The molecule has 0 saturated carbocycles. The van der Waals surface area contributed by atoms with Crippen molar-refractivity contribution in [3.63, 3.8) is 0 Å². The lowest BCUT2D eigenvalue weighted by atomic mass is 10.2. The van der Waals surface area contributed by atoms with Crippen LogP contribution in [0.3, 0.4) is 0 Å². The highest BCUT2D eigenvalue weighted by atomic mass is 16.5. The summed E-state index contributed by atoms with van der Waals surface area (Å²) in [5.74, 6) is 0.882. The summed E-state index contributed by atoms with van der Waals surface area (Å²) in [5.41, 5.74) is 4.57. The van der Waals surface area contributed by atoms with E-state index in [1.807, 2.05) is 31.3 Å². The molecule has 0 aliphatic carbocycles. The number of aromatic nitrogens is 2. The molecule has 0 unspecified atom stereocenters. The zero-order valence-electron chi connectivity index (χ0n) is 10.4. The largest absolute Gasteiger partial charge is 0.497 e. The Bertz CT molecular complexity index is 505. The monoisotopic (exact) mass is 231 g/mol. The van der Waals surface area contributed by atoms with Crippen molar-refractivity contribution in [1.29, 1.82) is 0 Å². The lowest BCUT2D eigenvalue weighted by molar-refractivity contribution is 0.414. The number of aryl methyl sites for hydroxylation is 2. The normalized spacial score (nSPS) is 10.3. The van der Waals surface area contributed by atoms with Gasteiger partial charge in [0.15, 0.2) is 0 Å². The summed E-state index contributed by atoms with van der Waals surface area (Å²) in [6.45, 7) is 4.85. The highest BCUT2D eigenvalue weighted by Crippen LogP contribution is 2.21. The third-order valence-electron chi connectivity index (χ3n) is 2.84. The third kappa shape index (κ3) is 2.58. The van der Waals surface area contributed by atoms with E-state index >= 15 is 0 Å². The zero-order valence-corrected chi connectivity index (χ0v) is 10.4. The molecule has 0 aliphatic heterocycles. The topological polar surface area (TPSA) is 49.9 Å². The van der Waals surface area contributed by atoms with Gasteiger partial charge < -0.3 is 10.1 Å². The number of nitrogens with zero attached hydrogens (tertiary/aromatic N) is 1. The van der Waals surface area contributed by atoms with E-state index in [2.05, 4.69) is 22.4 Å². The van der Waals surface area contributed by atoms with Crippen molar-refractivity contribution >= 4 is 5.69 Å². The minimum absolute atomic E-state index is 0.773. The molecule has 0 saturated heterocycles. The maximum Gasteiger partial charge on any atom is 0.119 e. The second-order valence-electron chi connectivity index (χ2n) is 4.05. The van der Waals surface area contributed by atoms with Crippen LogP contribution in [0.25, 0.3) is 0 Å². The fraction of sp³-hybridized carbons (Fsp3) is 0.308. The molecule has 0 bridgehead atoms. The molecule has 17 heavy (non-hydrogen) atoms. The van der Waals surface area contributed by atoms with Gasteiger partial charge in [0.2, 0.25) is 0 Å². The van der Waals surface area contributed by atoms with Gasteiger partial charge in [-0.3, -0.25) is 5.10 Å². The summed E-state index contributed by atoms with van der Waals surface area (Å²) < 4.78 is 5.18. The highest BCUT2D eigenvalue weighted by molar-refractivity contribution is 5.53. The van der Waals surface area contributed by atoms with E-state index in [-0.39, 0.29) is 0 Å². The molecule has 1 heterocycles. The molecule has 0 fully saturated rings. The first kappa shape index (κ1) is 11.5. The second-order valence-corrected chi connectivity index (χ2v) is 4.05. The standard InChI is InChI=1S/C13H17N3O/c1-9-6-12(17-3)4-5-13(9)14-7-11-8-15-16-10(11)2/h4-6,8,14H,7H2,1-3H3,(H,15,16). The van der Waals surface area contributed by atoms with Gasteiger partial charge in [-0.2, -0.15) is 5.10 Å². The van der Waals surface area contributed by atoms with Crippen molar-refractivity contribution in [1.82, 2.24) is 10.2 Å². The van der Waals surface area contributed by atoms with Crippen LogP contribution in [0.15, 0.2) is 24.4 Å². The Morgan fingerprint density at radius 2 is 2.18 bits per heavy atom. The maximum absolute atomic E-state index is 5.18. The highest BCUT2D eigenvalue weighted by Gasteiger charge is 2.02. The van der Waals surface area contributed by atoms with Gasteiger partial charge in [-0.1, -0.05) is 0 Å². The predicted molar refractivity (Wildman–Crippen MR) is 68.4 cm³/mol. The van der Waals surface area contributed by atoms with E-state index < -0.39 is 0 Å². The van der Waals surface area contributed by atoms with Gasteiger partial charge in [-0.25, -0.2) is 0 Å². The van der Waals surface area contributed by atoms with Crippen molar-refractivity contribution in [2.24, 2.45) is 0 Å². The Morgan fingerprint density at radius 3 is 2.76 bits per heavy atom. The van der Waals surface area contributed by atoms with E-state index in [0.717, 1.165) is 23.7 Å². The Balaban J connectivity index is 2.07. The van der Waals surface area contributed by atoms with Crippen LogP contribution in [0.5, 0.6) is 5.75 Å². The second kappa shape index (κ2) is 4.91. The summed E-state index contributed by atoms with van der Waals surface area (Å²) in [7, 11) is 1.68. The first-order valence-corrected chi connectivity index (χ1v) is 5.58. The van der Waals surface area contributed by atoms with Gasteiger partial charge in [0.05, 0.1) is 13.3 Å². The van der Waals surface area contributed by atoms with Gasteiger partial charge in [0.25, 0.3) is 0 Å². The smallest absolute Gasteiger partial charge is 0.119 e. The Hall–Kier alpha value is -1.97. The molecule has 1 aromatic carbocycles. The van der Waals surface area contributed by atoms with Crippen LogP contribution in [0.1, 0.15) is 16.8 Å². The van der Waals surface area contributed by atoms with Crippen molar-refractivity contribution < 1.29 is 4.74 Å². The Labute approximate surface area is 101 Å². The fourth-order valence-electron chi connectivity index (χ4n) is 1.71. The predicted octanol–water partition coefficient (Wildman–Crippen LogP) is 2.65. The molecule has 0 amide bonds. The third-order valence-corrected chi connectivity index (χ3v) is 2.84. The molecule has 4 nitrogen and oxygen atoms in total. The Morgan fingerprint density at radius 1 is 1.35 bits per heavy atom. The summed E-state index contributed by atoms with van der Waals surface area (Å²) in [6, 6.07) is 6.01. The fourth-order valence-corrected chi connectivity index (χ4v) is 1.71. The van der Waals surface area contributed by atoms with E-state index in [1.54, 1.807) is 7.11 Å². The number of hydrogen-bond donors (Lipinski definition) is 2. The average molecular weight is 231 g/mol. The van der Waals surface area contributed by atoms with Crippen molar-refractivity contribution in [3.05, 3.63) is 41.2 Å². The zero-order chi connectivity index (χ0) is 12.3. The molecule has 0 radical (unpaired) electrons. The van der Waals surface area contributed by atoms with E-state index in [4.69, 9.17) is 4.74 Å². The minimum atomic E-state index is 0.773. The molecule has 2 aromatic rings. The number of nitrogens with one attached hydrogen (secondary N) is 2. The first-order valence-electron chi connectivity index (χ1n) is 5.58. The summed E-state index contributed by atoms with van der Waals surface area (Å²) in [5, 5.41) is 10.3. The number of benzene rings is 1. The minimum Gasteiger partial charge on any atom is -0.497 e. The summed E-state index contributed by atoms with van der Waals surface area (Å²) >= 11 is 0. The number of H-pyrrole nitrogens is 1. The molecule has 2 rings (SSSR count). The number of aromatic amines is 1. The lowest BCUT2D eigenvalue weighted by Gasteiger charge is -2.10. The molecule has 1 aromatic heterocycles. The van der Waals surface area contributed by atoms with Crippen molar-refractivity contribution in [3.8, 4) is 5.75 Å². The van der Waals surface area contributed by atoms with Gasteiger partial charge in [-0.05, 0) is 37.6 Å². The molecular weight excluding hydrogens is 214 g/mol. The summed E-state index contributed by atoms with van der Waals surface area (Å²) in [6.07, 6.45) is 1.85. The number of hydrogen-bond acceptors (Lipinski definition) is 3. The number of methoxy groups -OCH3 is 1. The maximum atomic E-state index is 5.18. The molecule has 0 spiro atoms. The van der Waals surface area contributed by atoms with Crippen LogP contribution in [0.4, 0.5) is 5.69 Å². The molecule has 0 aliphatic rings. The van der Waals surface area contributed by atoms with E-state index in [0.29, 0.717) is 0 Å². The van der Waals surface area contributed by atoms with Crippen LogP contribution in [0.2, 0.25) is 0 Å². The van der Waals surface area contributed by atoms with Crippen molar-refractivity contribution in [2.75, 3.05) is 12.4 Å². The van der Waals surface area contributed by atoms with Crippen LogP contribution in [-0.4, -0.2) is 17.3 Å². The lowest BCUT2D eigenvalue weighted by Crippen LogP contribution is -2.01. The molecular formula is C13H17N3O. The van der Waals surface area contributed by atoms with Gasteiger partial charge >= 0.3 is 0 Å². The summed E-state index contributed by atoms with van der Waals surface area (Å²) in [4.78, 5) is 0. The quantitative estimate of drug-likeness (QED) is 0.850. The van der Waals surface area contributed by atoms with Crippen LogP contribution in [-0.2, 0) is 6.54 Å². The van der Waals surface area contributed by atoms with E-state index in [9.17, 15) is 0 Å². The first-order chi connectivity index (χ1) is 8.20. The van der Waals surface area contributed by atoms with Gasteiger partial charge in [0.1, 0.15) is 5.75 Å². The van der Waals surface area contributed by atoms with Gasteiger partial charge in [-0.15, -0.1) is 0 Å². The molecule has 2 N–H and O–H groups in total. The number of anilines is 1. The average Bonchev–Trinajstić information content (AvgIpc) is 2.73.